The van der Waals surface area contributed by atoms with Crippen molar-refractivity contribution in [2.75, 3.05) is 13.1 Å². The first-order valence-corrected chi connectivity index (χ1v) is 9.92. The number of nitrogens with one attached hydrogen (secondary N) is 2. The Morgan fingerprint density at radius 3 is 2.48 bits per heavy atom. The lowest BCUT2D eigenvalue weighted by Crippen LogP contribution is -2.34. The molecule has 2 aromatic carbocycles. The molecule has 0 radical (unpaired) electrons. The van der Waals surface area contributed by atoms with Crippen LogP contribution in [0.5, 0.6) is 5.75 Å². The summed E-state index contributed by atoms with van der Waals surface area (Å²) in [4.78, 5) is 3.68. The largest absolute Gasteiger partial charge is 0.488 e. The third-order valence-corrected chi connectivity index (χ3v) is 6.37. The number of hydrogen-bond acceptors (Lipinski definition) is 4. The highest BCUT2D eigenvalue weighted by atomic mass is 32.2. The molecule has 0 unspecified atom stereocenters. The van der Waals surface area contributed by atoms with Gasteiger partial charge in [0.15, 0.2) is 0 Å². The van der Waals surface area contributed by atoms with Crippen LogP contribution in [0, 0.1) is 0 Å². The molecule has 3 aromatic rings. The summed E-state index contributed by atoms with van der Waals surface area (Å²) in [5, 5.41) is 3.98. The van der Waals surface area contributed by atoms with Crippen LogP contribution in [0.3, 0.4) is 0 Å². The molecule has 0 aliphatic carbocycles. The maximum Gasteiger partial charge on any atom is 0.208 e. The number of sulfone groups is 1. The monoisotopic (exact) mass is 356 g/mol. The molecular weight excluding hydrogens is 336 g/mol. The summed E-state index contributed by atoms with van der Waals surface area (Å²) in [7, 11) is -3.57. The summed E-state index contributed by atoms with van der Waals surface area (Å²) < 4.78 is 32.0. The van der Waals surface area contributed by atoms with Crippen molar-refractivity contribution in [3.63, 3.8) is 0 Å². The van der Waals surface area contributed by atoms with Gasteiger partial charge in [-0.1, -0.05) is 30.3 Å². The lowest BCUT2D eigenvalue weighted by molar-refractivity contribution is 0.164. The second kappa shape index (κ2) is 6.54. The van der Waals surface area contributed by atoms with Gasteiger partial charge >= 0.3 is 0 Å². The van der Waals surface area contributed by atoms with E-state index in [4.69, 9.17) is 4.74 Å². The van der Waals surface area contributed by atoms with E-state index < -0.39 is 9.84 Å². The lowest BCUT2D eigenvalue weighted by atomic mass is 10.1. The quantitative estimate of drug-likeness (QED) is 0.753. The Hall–Kier alpha value is -2.31. The first-order chi connectivity index (χ1) is 12.2. The molecule has 1 aliphatic rings. The highest BCUT2D eigenvalue weighted by Crippen LogP contribution is 2.33. The van der Waals surface area contributed by atoms with E-state index in [0.29, 0.717) is 16.0 Å². The van der Waals surface area contributed by atoms with Gasteiger partial charge in [0.05, 0.1) is 15.3 Å². The van der Waals surface area contributed by atoms with Crippen LogP contribution < -0.4 is 10.1 Å². The summed E-state index contributed by atoms with van der Waals surface area (Å²) in [6.45, 7) is 1.89. The molecule has 0 spiro atoms. The SMILES string of the molecule is O=S(=O)(c1ccccc1)c1c[nH]c2c(OC3CCNCC3)cccc12. The van der Waals surface area contributed by atoms with E-state index in [0.717, 1.165) is 31.4 Å². The van der Waals surface area contributed by atoms with Crippen molar-refractivity contribution in [1.82, 2.24) is 10.3 Å². The minimum atomic E-state index is -3.57. The summed E-state index contributed by atoms with van der Waals surface area (Å²) >= 11 is 0. The molecule has 5 nitrogen and oxygen atoms in total. The number of benzene rings is 2. The normalized spacial score (nSPS) is 16.2. The van der Waals surface area contributed by atoms with Crippen molar-refractivity contribution in [2.24, 2.45) is 0 Å². The van der Waals surface area contributed by atoms with Crippen molar-refractivity contribution in [1.29, 1.82) is 0 Å². The molecule has 0 atom stereocenters. The number of para-hydroxylation sites is 1. The first-order valence-electron chi connectivity index (χ1n) is 8.44. The van der Waals surface area contributed by atoms with E-state index in [1.54, 1.807) is 36.5 Å². The van der Waals surface area contributed by atoms with Crippen LogP contribution in [0.1, 0.15) is 12.8 Å². The molecule has 1 saturated heterocycles. The van der Waals surface area contributed by atoms with Crippen molar-refractivity contribution in [3.05, 3.63) is 54.7 Å². The first kappa shape index (κ1) is 16.2. The van der Waals surface area contributed by atoms with Crippen LogP contribution in [-0.2, 0) is 9.84 Å². The maximum absolute atomic E-state index is 12.9. The third kappa shape index (κ3) is 3.03. The van der Waals surface area contributed by atoms with Crippen molar-refractivity contribution >= 4 is 20.7 Å². The van der Waals surface area contributed by atoms with E-state index >= 15 is 0 Å². The topological polar surface area (TPSA) is 71.2 Å². The molecule has 25 heavy (non-hydrogen) atoms. The second-order valence-electron chi connectivity index (χ2n) is 6.22. The minimum Gasteiger partial charge on any atom is -0.488 e. The molecule has 0 saturated carbocycles. The molecule has 2 heterocycles. The van der Waals surface area contributed by atoms with Crippen LogP contribution in [0.2, 0.25) is 0 Å². The number of aromatic nitrogens is 1. The Morgan fingerprint density at radius 1 is 0.960 bits per heavy atom. The summed E-state index contributed by atoms with van der Waals surface area (Å²) in [5.74, 6) is 0.707. The molecule has 130 valence electrons. The van der Waals surface area contributed by atoms with E-state index in [2.05, 4.69) is 10.3 Å². The minimum absolute atomic E-state index is 0.157. The van der Waals surface area contributed by atoms with Gasteiger partial charge in [-0.2, -0.15) is 0 Å². The molecule has 1 fully saturated rings. The summed E-state index contributed by atoms with van der Waals surface area (Å²) in [6, 6.07) is 14.0. The highest BCUT2D eigenvalue weighted by Gasteiger charge is 2.23. The molecule has 4 rings (SSSR count). The predicted molar refractivity (Wildman–Crippen MR) is 96.7 cm³/mol. The van der Waals surface area contributed by atoms with E-state index in [1.807, 2.05) is 18.2 Å². The van der Waals surface area contributed by atoms with Crippen LogP contribution in [0.15, 0.2) is 64.5 Å². The molecule has 6 heteroatoms. The molecule has 1 aliphatic heterocycles. The molecule has 0 bridgehead atoms. The number of fused-ring (bicyclic) bond motifs is 1. The van der Waals surface area contributed by atoms with Gasteiger partial charge in [-0.05, 0) is 44.1 Å². The summed E-state index contributed by atoms with van der Waals surface area (Å²) in [5.41, 5.74) is 0.732. The lowest BCUT2D eigenvalue weighted by Gasteiger charge is -2.24. The molecule has 2 N–H and O–H groups in total. The van der Waals surface area contributed by atoms with Gasteiger partial charge in [-0.3, -0.25) is 0 Å². The Balaban J connectivity index is 1.74. The predicted octanol–water partition coefficient (Wildman–Crippen LogP) is 3.13. The van der Waals surface area contributed by atoms with Gasteiger partial charge < -0.3 is 15.0 Å². The van der Waals surface area contributed by atoms with Gasteiger partial charge in [0.1, 0.15) is 11.9 Å². The van der Waals surface area contributed by atoms with Gasteiger partial charge in [-0.25, -0.2) is 8.42 Å². The Bertz CT molecular complexity index is 974. The summed E-state index contributed by atoms with van der Waals surface area (Å²) in [6.07, 6.45) is 3.62. The fourth-order valence-corrected chi connectivity index (χ4v) is 4.68. The van der Waals surface area contributed by atoms with Crippen molar-refractivity contribution in [3.8, 4) is 5.75 Å². The van der Waals surface area contributed by atoms with E-state index in [-0.39, 0.29) is 11.0 Å². The number of aromatic amines is 1. The van der Waals surface area contributed by atoms with Crippen molar-refractivity contribution < 1.29 is 13.2 Å². The number of hydrogen-bond donors (Lipinski definition) is 2. The van der Waals surface area contributed by atoms with Crippen LogP contribution in [0.25, 0.3) is 10.9 Å². The third-order valence-electron chi connectivity index (χ3n) is 4.56. The highest BCUT2D eigenvalue weighted by molar-refractivity contribution is 7.91. The Morgan fingerprint density at radius 2 is 1.72 bits per heavy atom. The van der Waals surface area contributed by atoms with Crippen LogP contribution in [0.4, 0.5) is 0 Å². The van der Waals surface area contributed by atoms with Gasteiger partial charge in [0.2, 0.25) is 9.84 Å². The standard InChI is InChI=1S/C19H20N2O3S/c22-25(23,15-5-2-1-3-6-15)18-13-21-19-16(18)7-4-8-17(19)24-14-9-11-20-12-10-14/h1-8,13-14,20-21H,9-12H2. The second-order valence-corrected chi connectivity index (χ2v) is 8.13. The molecule has 1 aromatic heterocycles. The fraction of sp³-hybridized carbons (Fsp3) is 0.263. The molecule has 0 amide bonds. The fourth-order valence-electron chi connectivity index (χ4n) is 3.24. The average molecular weight is 356 g/mol. The maximum atomic E-state index is 12.9. The molecular formula is C19H20N2O3S. The van der Waals surface area contributed by atoms with Crippen molar-refractivity contribution in [2.45, 2.75) is 28.7 Å². The van der Waals surface area contributed by atoms with Crippen LogP contribution >= 0.6 is 0 Å². The number of piperidine rings is 1. The number of ether oxygens (including phenoxy) is 1. The Labute approximate surface area is 146 Å². The smallest absolute Gasteiger partial charge is 0.208 e. The average Bonchev–Trinajstić information content (AvgIpc) is 3.09. The number of rotatable bonds is 4. The van der Waals surface area contributed by atoms with Gasteiger partial charge in [0, 0.05) is 11.6 Å². The Kier molecular flexibility index (Phi) is 4.23. The zero-order chi connectivity index (χ0) is 17.3. The van der Waals surface area contributed by atoms with E-state index in [9.17, 15) is 8.42 Å². The zero-order valence-electron chi connectivity index (χ0n) is 13.7. The van der Waals surface area contributed by atoms with Gasteiger partial charge in [0.25, 0.3) is 0 Å². The van der Waals surface area contributed by atoms with Crippen LogP contribution in [-0.4, -0.2) is 32.6 Å². The van der Waals surface area contributed by atoms with Gasteiger partial charge in [-0.15, -0.1) is 0 Å². The number of H-pyrrole nitrogens is 1. The van der Waals surface area contributed by atoms with E-state index in [1.165, 1.54) is 0 Å². The zero-order valence-corrected chi connectivity index (χ0v) is 14.6.